The van der Waals surface area contributed by atoms with Crippen molar-refractivity contribution in [2.75, 3.05) is 11.9 Å². The summed E-state index contributed by atoms with van der Waals surface area (Å²) in [7, 11) is 0. The van der Waals surface area contributed by atoms with Crippen LogP contribution < -0.4 is 5.32 Å². The van der Waals surface area contributed by atoms with Crippen molar-refractivity contribution in [2.45, 2.75) is 13.8 Å². The van der Waals surface area contributed by atoms with Crippen molar-refractivity contribution in [2.24, 2.45) is 0 Å². The van der Waals surface area contributed by atoms with E-state index in [1.165, 1.54) is 0 Å². The van der Waals surface area contributed by atoms with Crippen LogP contribution in [0.5, 0.6) is 0 Å². The highest BCUT2D eigenvalue weighted by Gasteiger charge is 2.09. The van der Waals surface area contributed by atoms with Crippen molar-refractivity contribution in [3.63, 3.8) is 0 Å². The third kappa shape index (κ3) is 2.87. The van der Waals surface area contributed by atoms with Crippen LogP contribution in [0.2, 0.25) is 0 Å². The minimum atomic E-state index is 0.748. The fourth-order valence-corrected chi connectivity index (χ4v) is 2.31. The van der Waals surface area contributed by atoms with Gasteiger partial charge in [-0.05, 0) is 59.0 Å². The second kappa shape index (κ2) is 5.46. The van der Waals surface area contributed by atoms with Crippen LogP contribution in [0.1, 0.15) is 12.7 Å². The predicted octanol–water partition coefficient (Wildman–Crippen LogP) is 2.61. The van der Waals surface area contributed by atoms with Gasteiger partial charge in [0.05, 0.1) is 0 Å². The van der Waals surface area contributed by atoms with Crippen LogP contribution in [-0.4, -0.2) is 26.1 Å². The number of rotatable bonds is 3. The average molecular weight is 455 g/mol. The summed E-state index contributed by atoms with van der Waals surface area (Å²) in [6.45, 7) is 4.77. The molecule has 2 heterocycles. The highest BCUT2D eigenvalue weighted by molar-refractivity contribution is 14.1. The Morgan fingerprint density at radius 3 is 2.71 bits per heavy atom. The molecule has 0 amide bonds. The van der Waals surface area contributed by atoms with Gasteiger partial charge in [-0.3, -0.25) is 4.57 Å². The van der Waals surface area contributed by atoms with E-state index in [0.29, 0.717) is 0 Å². The summed E-state index contributed by atoms with van der Waals surface area (Å²) in [4.78, 5) is 13.0. The Morgan fingerprint density at radius 2 is 2.12 bits per heavy atom. The summed E-state index contributed by atoms with van der Waals surface area (Å²) in [6, 6.07) is 1.93. The molecule has 0 fully saturated rings. The van der Waals surface area contributed by atoms with E-state index in [-0.39, 0.29) is 0 Å². The maximum absolute atomic E-state index is 4.42. The monoisotopic (exact) mass is 455 g/mol. The van der Waals surface area contributed by atoms with E-state index in [2.05, 4.69) is 65.5 Å². The van der Waals surface area contributed by atoms with E-state index in [0.717, 1.165) is 31.4 Å². The van der Waals surface area contributed by atoms with Gasteiger partial charge >= 0.3 is 0 Å². The molecule has 0 radical (unpaired) electrons. The maximum Gasteiger partial charge on any atom is 0.144 e. The zero-order chi connectivity index (χ0) is 12.4. The van der Waals surface area contributed by atoms with Crippen molar-refractivity contribution in [1.82, 2.24) is 19.5 Å². The van der Waals surface area contributed by atoms with Gasteiger partial charge in [0.2, 0.25) is 0 Å². The summed E-state index contributed by atoms with van der Waals surface area (Å²) < 4.78 is 3.99. The van der Waals surface area contributed by atoms with Crippen LogP contribution in [0.25, 0.3) is 5.82 Å². The molecule has 2 rings (SSSR count). The van der Waals surface area contributed by atoms with E-state index < -0.39 is 0 Å². The first-order valence-electron chi connectivity index (χ1n) is 5.10. The molecule has 5 nitrogen and oxygen atoms in total. The molecule has 0 aliphatic heterocycles. The number of hydrogen-bond acceptors (Lipinski definition) is 4. The molecule has 2 aromatic heterocycles. The molecule has 0 saturated heterocycles. The van der Waals surface area contributed by atoms with Gasteiger partial charge in [0.1, 0.15) is 31.2 Å². The predicted molar refractivity (Wildman–Crippen MR) is 83.5 cm³/mol. The number of anilines is 1. The van der Waals surface area contributed by atoms with Gasteiger partial charge in [-0.2, -0.15) is 0 Å². The van der Waals surface area contributed by atoms with Crippen molar-refractivity contribution >= 4 is 51.0 Å². The van der Waals surface area contributed by atoms with Crippen molar-refractivity contribution < 1.29 is 0 Å². The lowest BCUT2D eigenvalue weighted by atomic mass is 10.4. The summed E-state index contributed by atoms with van der Waals surface area (Å²) in [5, 5.41) is 3.20. The van der Waals surface area contributed by atoms with Crippen molar-refractivity contribution in [1.29, 1.82) is 0 Å². The van der Waals surface area contributed by atoms with Crippen LogP contribution in [0.3, 0.4) is 0 Å². The van der Waals surface area contributed by atoms with E-state index >= 15 is 0 Å². The van der Waals surface area contributed by atoms with Crippen LogP contribution >= 0.6 is 45.2 Å². The first-order valence-corrected chi connectivity index (χ1v) is 7.26. The van der Waals surface area contributed by atoms with E-state index in [4.69, 9.17) is 0 Å². The Labute approximate surface area is 127 Å². The minimum Gasteiger partial charge on any atom is -0.370 e. The molecule has 17 heavy (non-hydrogen) atoms. The number of hydrogen-bond donors (Lipinski definition) is 1. The zero-order valence-electron chi connectivity index (χ0n) is 9.41. The Bertz CT molecular complexity index is 537. The van der Waals surface area contributed by atoms with Crippen molar-refractivity contribution in [3.8, 4) is 5.82 Å². The van der Waals surface area contributed by atoms with Crippen LogP contribution in [-0.2, 0) is 0 Å². The molecule has 1 N–H and O–H groups in total. The minimum absolute atomic E-state index is 0.748. The average Bonchev–Trinajstić information content (AvgIpc) is 2.59. The smallest absolute Gasteiger partial charge is 0.144 e. The highest BCUT2D eigenvalue weighted by Crippen LogP contribution is 2.18. The molecular formula is C10H11I2N5. The summed E-state index contributed by atoms with van der Waals surface area (Å²) in [5.74, 6) is 2.43. The number of nitrogens with one attached hydrogen (secondary N) is 1. The van der Waals surface area contributed by atoms with Gasteiger partial charge in [0.25, 0.3) is 0 Å². The molecule has 0 atom stereocenters. The largest absolute Gasteiger partial charge is 0.370 e. The summed E-state index contributed by atoms with van der Waals surface area (Å²) in [6.07, 6.45) is 1.78. The molecule has 0 aromatic carbocycles. The van der Waals surface area contributed by atoms with E-state index in [1.54, 1.807) is 6.33 Å². The Morgan fingerprint density at radius 1 is 1.35 bits per heavy atom. The van der Waals surface area contributed by atoms with Gasteiger partial charge < -0.3 is 5.32 Å². The molecule has 7 heteroatoms. The first-order chi connectivity index (χ1) is 8.11. The lowest BCUT2D eigenvalue weighted by Gasteiger charge is -2.08. The van der Waals surface area contributed by atoms with Gasteiger partial charge in [0, 0.05) is 12.6 Å². The Kier molecular flexibility index (Phi) is 4.17. The number of halogens is 2. The molecule has 0 spiro atoms. The fraction of sp³-hybridized carbons (Fsp3) is 0.300. The Hall–Kier alpha value is -0.450. The lowest BCUT2D eigenvalue weighted by Crippen LogP contribution is -2.06. The second-order valence-electron chi connectivity index (χ2n) is 3.39. The molecule has 90 valence electrons. The number of aryl methyl sites for hydroxylation is 1. The SMILES string of the molecule is CCNc1cc(-n2cnc(I)c2I)nc(C)n1. The van der Waals surface area contributed by atoms with Gasteiger partial charge in [-0.1, -0.05) is 0 Å². The topological polar surface area (TPSA) is 55.6 Å². The fourth-order valence-electron chi connectivity index (χ4n) is 1.42. The lowest BCUT2D eigenvalue weighted by molar-refractivity contribution is 0.920. The summed E-state index contributed by atoms with van der Waals surface area (Å²) >= 11 is 4.47. The molecule has 0 bridgehead atoms. The van der Waals surface area contributed by atoms with Gasteiger partial charge in [0.15, 0.2) is 0 Å². The van der Waals surface area contributed by atoms with Crippen LogP contribution in [0.4, 0.5) is 5.82 Å². The molecular weight excluding hydrogens is 444 g/mol. The number of imidazole rings is 1. The molecule has 0 aliphatic rings. The van der Waals surface area contributed by atoms with Crippen LogP contribution in [0.15, 0.2) is 12.4 Å². The number of aromatic nitrogens is 4. The third-order valence-electron chi connectivity index (χ3n) is 2.10. The highest BCUT2D eigenvalue weighted by atomic mass is 127. The maximum atomic E-state index is 4.42. The molecule has 0 aliphatic carbocycles. The van der Waals surface area contributed by atoms with E-state index in [1.807, 2.05) is 24.5 Å². The molecule has 2 aromatic rings. The standard InChI is InChI=1S/C10H11I2N5/c1-3-13-7-4-8(16-6(2)15-7)17-5-14-9(11)10(17)12/h4-5H,3H2,1-2H3,(H,13,15,16). The van der Waals surface area contributed by atoms with E-state index in [9.17, 15) is 0 Å². The second-order valence-corrected chi connectivity index (χ2v) is 5.43. The quantitative estimate of drug-likeness (QED) is 0.724. The normalized spacial score (nSPS) is 10.6. The van der Waals surface area contributed by atoms with Crippen molar-refractivity contribution in [3.05, 3.63) is 25.6 Å². The Balaban J connectivity index is 2.48. The number of nitrogens with zero attached hydrogens (tertiary/aromatic N) is 4. The summed E-state index contributed by atoms with van der Waals surface area (Å²) in [5.41, 5.74) is 0. The van der Waals surface area contributed by atoms with Gasteiger partial charge in [-0.15, -0.1) is 0 Å². The molecule has 0 saturated carbocycles. The van der Waals surface area contributed by atoms with Gasteiger partial charge in [-0.25, -0.2) is 15.0 Å². The van der Waals surface area contributed by atoms with Crippen LogP contribution in [0, 0.1) is 14.3 Å². The first kappa shape index (κ1) is 13.0. The molecule has 0 unspecified atom stereocenters. The third-order valence-corrected chi connectivity index (χ3v) is 4.95. The zero-order valence-corrected chi connectivity index (χ0v) is 13.7.